The van der Waals surface area contributed by atoms with Crippen LogP contribution in [0.1, 0.15) is 18.7 Å². The smallest absolute Gasteiger partial charge is 0.267 e. The number of nitrogens with two attached hydrogens (primary N) is 1. The Morgan fingerprint density at radius 3 is 3.11 bits per heavy atom. The first-order valence-electron chi connectivity index (χ1n) is 5.90. The predicted octanol–water partition coefficient (Wildman–Crippen LogP) is -0.306. The quantitative estimate of drug-likeness (QED) is 0.326. The summed E-state index contributed by atoms with van der Waals surface area (Å²) in [6, 6.07) is 0. The fraction of sp³-hybridized carbons (Fsp3) is 0.545. The number of hydrogen-bond donors (Lipinski definition) is 2. The van der Waals surface area contributed by atoms with E-state index in [2.05, 4.69) is 10.4 Å². The SMILES string of the molecule is Cc1ncc(I)c(=O)n1CC1CCC(C(=O)NN)O1. The van der Waals surface area contributed by atoms with E-state index in [-0.39, 0.29) is 17.6 Å². The normalized spacial score (nSPS) is 22.5. The number of ether oxygens (including phenoxy) is 1. The first-order chi connectivity index (χ1) is 9.02. The molecule has 0 bridgehead atoms. The summed E-state index contributed by atoms with van der Waals surface area (Å²) in [6.07, 6.45) is 2.18. The summed E-state index contributed by atoms with van der Waals surface area (Å²) >= 11 is 1.96. The summed E-state index contributed by atoms with van der Waals surface area (Å²) in [5.41, 5.74) is 2.00. The number of carbonyl (C=O) groups is 1. The van der Waals surface area contributed by atoms with Crippen molar-refractivity contribution in [3.8, 4) is 0 Å². The monoisotopic (exact) mass is 378 g/mol. The molecule has 1 aromatic rings. The number of aromatic nitrogens is 2. The van der Waals surface area contributed by atoms with Crippen molar-refractivity contribution in [3.63, 3.8) is 0 Å². The van der Waals surface area contributed by atoms with Gasteiger partial charge >= 0.3 is 0 Å². The van der Waals surface area contributed by atoms with Crippen LogP contribution in [0.15, 0.2) is 11.0 Å². The van der Waals surface area contributed by atoms with Gasteiger partial charge in [0, 0.05) is 6.20 Å². The molecular formula is C11H15IN4O3. The second-order valence-electron chi connectivity index (χ2n) is 4.40. The molecule has 2 unspecified atom stereocenters. The van der Waals surface area contributed by atoms with Gasteiger partial charge in [0.25, 0.3) is 11.5 Å². The number of carbonyl (C=O) groups excluding carboxylic acids is 1. The molecule has 1 fully saturated rings. The number of halogens is 1. The highest BCUT2D eigenvalue weighted by Gasteiger charge is 2.30. The van der Waals surface area contributed by atoms with Crippen LogP contribution in [0.25, 0.3) is 0 Å². The van der Waals surface area contributed by atoms with Crippen LogP contribution in [-0.4, -0.2) is 27.7 Å². The Bertz CT molecular complexity index is 545. The van der Waals surface area contributed by atoms with Crippen molar-refractivity contribution >= 4 is 28.5 Å². The number of rotatable bonds is 3. The topological polar surface area (TPSA) is 99.2 Å². The van der Waals surface area contributed by atoms with Gasteiger partial charge in [-0.3, -0.25) is 19.6 Å². The van der Waals surface area contributed by atoms with Gasteiger partial charge in [0.2, 0.25) is 0 Å². The maximum absolute atomic E-state index is 12.0. The van der Waals surface area contributed by atoms with Crippen LogP contribution in [0.5, 0.6) is 0 Å². The molecule has 2 atom stereocenters. The second kappa shape index (κ2) is 5.97. The molecule has 1 aliphatic rings. The van der Waals surface area contributed by atoms with E-state index in [0.29, 0.717) is 22.4 Å². The standard InChI is InChI=1S/C11H15IN4O3/c1-6-14-4-8(12)11(18)16(6)5-7-2-3-9(19-7)10(17)15-13/h4,7,9H,2-3,5,13H2,1H3,(H,15,17). The van der Waals surface area contributed by atoms with E-state index >= 15 is 0 Å². The molecular weight excluding hydrogens is 363 g/mol. The predicted molar refractivity (Wildman–Crippen MR) is 76.2 cm³/mol. The van der Waals surface area contributed by atoms with Crippen LogP contribution < -0.4 is 16.8 Å². The third-order valence-electron chi connectivity index (χ3n) is 3.13. The lowest BCUT2D eigenvalue weighted by Crippen LogP contribution is -2.39. The van der Waals surface area contributed by atoms with Crippen molar-refractivity contribution in [1.82, 2.24) is 15.0 Å². The molecule has 0 radical (unpaired) electrons. The molecule has 104 valence electrons. The summed E-state index contributed by atoms with van der Waals surface area (Å²) in [5, 5.41) is 0. The van der Waals surface area contributed by atoms with E-state index in [0.717, 1.165) is 6.42 Å². The Labute approximate surface area is 123 Å². The first-order valence-corrected chi connectivity index (χ1v) is 6.98. The fourth-order valence-corrected chi connectivity index (χ4v) is 2.53. The van der Waals surface area contributed by atoms with E-state index in [1.165, 1.54) is 0 Å². The second-order valence-corrected chi connectivity index (χ2v) is 5.56. The van der Waals surface area contributed by atoms with E-state index < -0.39 is 6.10 Å². The minimum atomic E-state index is -0.526. The van der Waals surface area contributed by atoms with Gasteiger partial charge in [0.15, 0.2) is 0 Å². The average Bonchev–Trinajstić information content (AvgIpc) is 2.87. The summed E-state index contributed by atoms with van der Waals surface area (Å²) < 4.78 is 7.73. The zero-order valence-electron chi connectivity index (χ0n) is 10.4. The van der Waals surface area contributed by atoms with Gasteiger partial charge in [-0.25, -0.2) is 10.8 Å². The van der Waals surface area contributed by atoms with Crippen molar-refractivity contribution in [3.05, 3.63) is 25.9 Å². The van der Waals surface area contributed by atoms with Gasteiger partial charge in [0.05, 0.1) is 16.2 Å². The van der Waals surface area contributed by atoms with Crippen LogP contribution in [0.2, 0.25) is 0 Å². The highest BCUT2D eigenvalue weighted by atomic mass is 127. The molecule has 0 aromatic carbocycles. The average molecular weight is 378 g/mol. The fourth-order valence-electron chi connectivity index (χ4n) is 2.10. The number of hydrogen-bond acceptors (Lipinski definition) is 5. The van der Waals surface area contributed by atoms with Crippen molar-refractivity contribution < 1.29 is 9.53 Å². The third-order valence-corrected chi connectivity index (χ3v) is 3.87. The van der Waals surface area contributed by atoms with Crippen LogP contribution >= 0.6 is 22.6 Å². The molecule has 19 heavy (non-hydrogen) atoms. The highest BCUT2D eigenvalue weighted by Crippen LogP contribution is 2.21. The molecule has 3 N–H and O–H groups in total. The van der Waals surface area contributed by atoms with Gasteiger partial charge < -0.3 is 4.74 Å². The maximum Gasteiger partial charge on any atom is 0.267 e. The van der Waals surface area contributed by atoms with E-state index in [1.54, 1.807) is 17.7 Å². The Balaban J connectivity index is 2.10. The van der Waals surface area contributed by atoms with Gasteiger partial charge in [-0.05, 0) is 42.4 Å². The molecule has 0 spiro atoms. The first kappa shape index (κ1) is 14.4. The van der Waals surface area contributed by atoms with Gasteiger partial charge in [0.1, 0.15) is 11.9 Å². The van der Waals surface area contributed by atoms with Crippen LogP contribution in [0, 0.1) is 10.5 Å². The minimum Gasteiger partial charge on any atom is -0.363 e. The minimum absolute atomic E-state index is 0.0802. The molecule has 1 saturated heterocycles. The van der Waals surface area contributed by atoms with Crippen LogP contribution in [-0.2, 0) is 16.1 Å². The Hall–Kier alpha value is -1.00. The van der Waals surface area contributed by atoms with Gasteiger partial charge in [-0.2, -0.15) is 0 Å². The lowest BCUT2D eigenvalue weighted by atomic mass is 10.2. The van der Waals surface area contributed by atoms with E-state index in [9.17, 15) is 9.59 Å². The summed E-state index contributed by atoms with van der Waals surface area (Å²) in [4.78, 5) is 27.5. The van der Waals surface area contributed by atoms with Gasteiger partial charge in [-0.1, -0.05) is 0 Å². The Morgan fingerprint density at radius 1 is 1.68 bits per heavy atom. The zero-order valence-corrected chi connectivity index (χ0v) is 12.6. The number of nitrogens with zero attached hydrogens (tertiary/aromatic N) is 2. The van der Waals surface area contributed by atoms with Crippen molar-refractivity contribution in [2.45, 2.75) is 38.5 Å². The molecule has 8 heteroatoms. The molecule has 0 aliphatic carbocycles. The molecule has 0 saturated carbocycles. The number of nitrogens with one attached hydrogen (secondary N) is 1. The molecule has 1 aromatic heterocycles. The number of amides is 1. The summed E-state index contributed by atoms with van der Waals surface area (Å²) in [7, 11) is 0. The highest BCUT2D eigenvalue weighted by molar-refractivity contribution is 14.1. The van der Waals surface area contributed by atoms with Crippen molar-refractivity contribution in [2.75, 3.05) is 0 Å². The zero-order chi connectivity index (χ0) is 14.0. The lowest BCUT2D eigenvalue weighted by Gasteiger charge is -2.15. The lowest BCUT2D eigenvalue weighted by molar-refractivity contribution is -0.132. The number of aryl methyl sites for hydroxylation is 1. The van der Waals surface area contributed by atoms with Crippen LogP contribution in [0.3, 0.4) is 0 Å². The summed E-state index contributed by atoms with van der Waals surface area (Å²) in [5.74, 6) is 5.39. The molecule has 2 rings (SSSR count). The molecule has 2 heterocycles. The van der Waals surface area contributed by atoms with Crippen molar-refractivity contribution in [1.29, 1.82) is 0 Å². The molecule has 7 nitrogen and oxygen atoms in total. The summed E-state index contributed by atoms with van der Waals surface area (Å²) in [6.45, 7) is 2.18. The van der Waals surface area contributed by atoms with Crippen molar-refractivity contribution in [2.24, 2.45) is 5.84 Å². The van der Waals surface area contributed by atoms with Gasteiger partial charge in [-0.15, -0.1) is 0 Å². The third kappa shape index (κ3) is 3.12. The largest absolute Gasteiger partial charge is 0.363 e. The van der Waals surface area contributed by atoms with E-state index in [4.69, 9.17) is 10.6 Å². The Kier molecular flexibility index (Phi) is 4.53. The Morgan fingerprint density at radius 2 is 2.42 bits per heavy atom. The van der Waals surface area contributed by atoms with Crippen LogP contribution in [0.4, 0.5) is 0 Å². The number of hydrazine groups is 1. The molecule has 1 amide bonds. The van der Waals surface area contributed by atoms with E-state index in [1.807, 2.05) is 22.6 Å². The maximum atomic E-state index is 12.0. The molecule has 1 aliphatic heterocycles.